The van der Waals surface area contributed by atoms with Gasteiger partial charge in [0.1, 0.15) is 6.61 Å². The van der Waals surface area contributed by atoms with Gasteiger partial charge in [0.05, 0.1) is 12.1 Å². The molecule has 0 heterocycles. The number of ether oxygens (including phenoxy) is 1. The molecule has 1 aromatic carbocycles. The quantitative estimate of drug-likeness (QED) is 0.829. The zero-order valence-electron chi connectivity index (χ0n) is 12.5. The van der Waals surface area contributed by atoms with Crippen LogP contribution in [0.25, 0.3) is 0 Å². The highest BCUT2D eigenvalue weighted by Crippen LogP contribution is 2.14. The Morgan fingerprint density at radius 3 is 2.65 bits per heavy atom. The number of rotatable bonds is 3. The average molecular weight is 274 g/mol. The zero-order chi connectivity index (χ0) is 15.2. The van der Waals surface area contributed by atoms with Crippen molar-refractivity contribution in [3.63, 3.8) is 0 Å². The molecule has 1 rings (SSSR count). The third-order valence-electron chi connectivity index (χ3n) is 2.47. The molecular weight excluding hydrogens is 252 g/mol. The average Bonchev–Trinajstić information content (AvgIpc) is 2.35. The van der Waals surface area contributed by atoms with Gasteiger partial charge in [-0.05, 0) is 51.5 Å². The molecular formula is C16H22N2O2. The molecule has 4 nitrogen and oxygen atoms in total. The van der Waals surface area contributed by atoms with Gasteiger partial charge in [-0.1, -0.05) is 11.8 Å². The van der Waals surface area contributed by atoms with Crippen LogP contribution in [0, 0.1) is 18.8 Å². The smallest absolute Gasteiger partial charge is 0.250 e. The van der Waals surface area contributed by atoms with Crippen molar-refractivity contribution in [3.8, 4) is 11.8 Å². The lowest BCUT2D eigenvalue weighted by atomic mass is 10.1. The molecule has 0 radical (unpaired) electrons. The van der Waals surface area contributed by atoms with Crippen molar-refractivity contribution in [2.75, 3.05) is 18.5 Å². The Balaban J connectivity index is 2.65. The molecule has 1 aromatic rings. The minimum Gasteiger partial charge on any atom is -0.366 e. The Bertz CT molecular complexity index is 534. The van der Waals surface area contributed by atoms with Crippen molar-refractivity contribution >= 4 is 11.6 Å². The van der Waals surface area contributed by atoms with Crippen molar-refractivity contribution in [3.05, 3.63) is 29.3 Å². The number of nitrogens with two attached hydrogens (primary N) is 1. The highest BCUT2D eigenvalue weighted by molar-refractivity contribution is 5.91. The first-order chi connectivity index (χ1) is 9.31. The van der Waals surface area contributed by atoms with E-state index in [2.05, 4.69) is 17.2 Å². The van der Waals surface area contributed by atoms with Gasteiger partial charge in [-0.15, -0.1) is 0 Å². The second kappa shape index (κ2) is 7.09. The summed E-state index contributed by atoms with van der Waals surface area (Å²) in [6.45, 7) is 8.06. The van der Waals surface area contributed by atoms with E-state index >= 15 is 0 Å². The fraction of sp³-hybridized carbons (Fsp3) is 0.438. The molecule has 3 N–H and O–H groups in total. The third-order valence-corrected chi connectivity index (χ3v) is 2.47. The Hall–Kier alpha value is -1.83. The first-order valence-corrected chi connectivity index (χ1v) is 6.55. The van der Waals surface area contributed by atoms with E-state index in [1.54, 1.807) is 0 Å². The van der Waals surface area contributed by atoms with E-state index in [9.17, 15) is 4.79 Å². The lowest BCUT2D eigenvalue weighted by Gasteiger charge is -2.19. The van der Waals surface area contributed by atoms with Crippen LogP contribution in [0.2, 0.25) is 0 Å². The predicted octanol–water partition coefficient (Wildman–Crippen LogP) is 2.06. The van der Waals surface area contributed by atoms with Crippen LogP contribution in [-0.4, -0.2) is 24.7 Å². The second-order valence-electron chi connectivity index (χ2n) is 5.48. The van der Waals surface area contributed by atoms with Crippen molar-refractivity contribution in [2.24, 2.45) is 5.73 Å². The molecule has 0 fully saturated rings. The van der Waals surface area contributed by atoms with Gasteiger partial charge in [0.2, 0.25) is 5.91 Å². The van der Waals surface area contributed by atoms with Crippen LogP contribution in [-0.2, 0) is 9.53 Å². The zero-order valence-corrected chi connectivity index (χ0v) is 12.5. The molecule has 0 saturated carbocycles. The molecule has 0 aliphatic carbocycles. The van der Waals surface area contributed by atoms with Crippen molar-refractivity contribution in [2.45, 2.75) is 33.3 Å². The summed E-state index contributed by atoms with van der Waals surface area (Å²) in [5.74, 6) is 5.63. The van der Waals surface area contributed by atoms with Crippen LogP contribution in [0.1, 0.15) is 31.9 Å². The Kier molecular flexibility index (Phi) is 5.75. The van der Waals surface area contributed by atoms with E-state index in [-0.39, 0.29) is 18.1 Å². The van der Waals surface area contributed by atoms with E-state index in [0.29, 0.717) is 6.54 Å². The number of aryl methyl sites for hydroxylation is 1. The molecule has 0 aliphatic rings. The number of hydrogen-bond acceptors (Lipinski definition) is 3. The summed E-state index contributed by atoms with van der Waals surface area (Å²) >= 11 is 0. The molecule has 20 heavy (non-hydrogen) atoms. The van der Waals surface area contributed by atoms with E-state index in [0.717, 1.165) is 16.8 Å². The van der Waals surface area contributed by atoms with Crippen molar-refractivity contribution < 1.29 is 9.53 Å². The summed E-state index contributed by atoms with van der Waals surface area (Å²) in [6, 6.07) is 5.58. The second-order valence-corrected chi connectivity index (χ2v) is 5.48. The first kappa shape index (κ1) is 16.2. The maximum absolute atomic E-state index is 11.7. The fourth-order valence-corrected chi connectivity index (χ4v) is 1.51. The van der Waals surface area contributed by atoms with Gasteiger partial charge in [-0.25, -0.2) is 0 Å². The van der Waals surface area contributed by atoms with Gasteiger partial charge in [0.25, 0.3) is 0 Å². The van der Waals surface area contributed by atoms with Gasteiger partial charge in [-0.3, -0.25) is 4.79 Å². The van der Waals surface area contributed by atoms with Crippen LogP contribution in [0.15, 0.2) is 18.2 Å². The molecule has 0 aliphatic heterocycles. The largest absolute Gasteiger partial charge is 0.366 e. The maximum atomic E-state index is 11.7. The van der Waals surface area contributed by atoms with Gasteiger partial charge in [-0.2, -0.15) is 0 Å². The first-order valence-electron chi connectivity index (χ1n) is 6.55. The number of amides is 1. The SMILES string of the molecule is Cc1cc(NC(=O)COC(C)(C)C)ccc1C#CCN. The van der Waals surface area contributed by atoms with Crippen LogP contribution in [0.4, 0.5) is 5.69 Å². The summed E-state index contributed by atoms with van der Waals surface area (Å²) in [4.78, 5) is 11.7. The topological polar surface area (TPSA) is 64.3 Å². The summed E-state index contributed by atoms with van der Waals surface area (Å²) in [5, 5.41) is 2.80. The summed E-state index contributed by atoms with van der Waals surface area (Å²) < 4.78 is 5.42. The summed E-state index contributed by atoms with van der Waals surface area (Å²) in [5.41, 5.74) is 7.68. The molecule has 0 spiro atoms. The van der Waals surface area contributed by atoms with Gasteiger partial charge < -0.3 is 15.8 Å². The molecule has 0 bridgehead atoms. The number of anilines is 1. The fourth-order valence-electron chi connectivity index (χ4n) is 1.51. The lowest BCUT2D eigenvalue weighted by Crippen LogP contribution is -2.27. The van der Waals surface area contributed by atoms with Crippen LogP contribution < -0.4 is 11.1 Å². The molecule has 4 heteroatoms. The minimum absolute atomic E-state index is 0.0390. The lowest BCUT2D eigenvalue weighted by molar-refractivity contribution is -0.125. The highest BCUT2D eigenvalue weighted by Gasteiger charge is 2.13. The van der Waals surface area contributed by atoms with Gasteiger partial charge >= 0.3 is 0 Å². The Morgan fingerprint density at radius 2 is 2.10 bits per heavy atom. The predicted molar refractivity (Wildman–Crippen MR) is 81.4 cm³/mol. The van der Waals surface area contributed by atoms with Gasteiger partial charge in [0.15, 0.2) is 0 Å². The van der Waals surface area contributed by atoms with Crippen molar-refractivity contribution in [1.29, 1.82) is 0 Å². The third kappa shape index (κ3) is 5.87. The standard InChI is InChI=1S/C16H22N2O2/c1-12-10-14(8-7-13(12)6-5-9-17)18-15(19)11-20-16(2,3)4/h7-8,10H,9,11,17H2,1-4H3,(H,18,19). The Morgan fingerprint density at radius 1 is 1.40 bits per heavy atom. The van der Waals surface area contributed by atoms with E-state index < -0.39 is 0 Å². The highest BCUT2D eigenvalue weighted by atomic mass is 16.5. The van der Waals surface area contributed by atoms with Crippen LogP contribution >= 0.6 is 0 Å². The van der Waals surface area contributed by atoms with E-state index in [1.165, 1.54) is 0 Å². The summed E-state index contributed by atoms with van der Waals surface area (Å²) in [6.07, 6.45) is 0. The van der Waals surface area contributed by atoms with Crippen molar-refractivity contribution in [1.82, 2.24) is 0 Å². The molecule has 0 saturated heterocycles. The molecule has 0 unspecified atom stereocenters. The maximum Gasteiger partial charge on any atom is 0.250 e. The molecule has 0 atom stereocenters. The number of benzene rings is 1. The molecule has 0 aromatic heterocycles. The van der Waals surface area contributed by atoms with Crippen LogP contribution in [0.3, 0.4) is 0 Å². The number of nitrogens with one attached hydrogen (secondary N) is 1. The van der Waals surface area contributed by atoms with E-state index in [4.69, 9.17) is 10.5 Å². The number of carbonyl (C=O) groups excluding carboxylic acids is 1. The Labute approximate surface area is 120 Å². The minimum atomic E-state index is -0.324. The van der Waals surface area contributed by atoms with Crippen LogP contribution in [0.5, 0.6) is 0 Å². The number of hydrogen-bond donors (Lipinski definition) is 2. The van der Waals surface area contributed by atoms with E-state index in [1.807, 2.05) is 45.9 Å². The summed E-state index contributed by atoms with van der Waals surface area (Å²) in [7, 11) is 0. The normalized spacial score (nSPS) is 10.7. The molecule has 108 valence electrons. The molecule has 1 amide bonds. The van der Waals surface area contributed by atoms with Gasteiger partial charge in [0, 0.05) is 11.3 Å². The number of carbonyl (C=O) groups is 1. The monoisotopic (exact) mass is 274 g/mol.